The highest BCUT2D eigenvalue weighted by atomic mass is 19.1. The van der Waals surface area contributed by atoms with Crippen LogP contribution in [0, 0.1) is 11.2 Å². The number of amides is 3. The molecule has 1 saturated carbocycles. The van der Waals surface area contributed by atoms with Crippen LogP contribution in [0.4, 0.5) is 20.7 Å². The third kappa shape index (κ3) is 4.57. The smallest absolute Gasteiger partial charge is 0.329 e. The lowest BCUT2D eigenvalue weighted by Gasteiger charge is -2.62. The Kier molecular flexibility index (Phi) is 6.33. The summed E-state index contributed by atoms with van der Waals surface area (Å²) in [4.78, 5) is 47.8. The Hall–Kier alpha value is -4.36. The van der Waals surface area contributed by atoms with Crippen LogP contribution < -0.4 is 20.7 Å². The molecule has 12 nitrogen and oxygen atoms in total. The number of halogens is 1. The number of fused-ring (bicyclic) bond motifs is 2. The number of imide groups is 1. The number of likely N-dealkylation sites (tertiary alicyclic amines) is 1. The number of aryl methyl sites for hydroxylation is 1. The topological polar surface area (TPSA) is 118 Å². The van der Waals surface area contributed by atoms with E-state index >= 15 is 4.39 Å². The summed E-state index contributed by atoms with van der Waals surface area (Å²) < 4.78 is 25.4. The van der Waals surface area contributed by atoms with Crippen molar-refractivity contribution in [3.8, 4) is 0 Å². The fourth-order valence-electron chi connectivity index (χ4n) is 8.83. The monoisotopic (exact) mass is 640 g/mol. The van der Waals surface area contributed by atoms with Gasteiger partial charge < -0.3 is 14.5 Å². The molecule has 4 saturated heterocycles. The number of urea groups is 1. The fraction of sp³-hybridized carbons (Fsp3) is 0.500. The maximum atomic E-state index is 15.5. The highest BCUT2D eigenvalue weighted by molar-refractivity contribution is 6.09. The van der Waals surface area contributed by atoms with Crippen LogP contribution in [0.2, 0.25) is 0 Å². The molecule has 13 heteroatoms. The lowest BCUT2D eigenvalue weighted by molar-refractivity contribution is -0.120. The molecule has 5 aliphatic rings. The average molecular weight is 641 g/mol. The van der Waals surface area contributed by atoms with E-state index in [0.29, 0.717) is 34.9 Å². The van der Waals surface area contributed by atoms with Crippen molar-refractivity contribution < 1.29 is 18.7 Å². The number of para-hydroxylation sites is 1. The van der Waals surface area contributed by atoms with Crippen molar-refractivity contribution in [3.05, 3.63) is 58.9 Å². The van der Waals surface area contributed by atoms with Gasteiger partial charge in [0.25, 0.3) is 5.56 Å². The highest BCUT2D eigenvalue weighted by Gasteiger charge is 2.55. The van der Waals surface area contributed by atoms with Crippen molar-refractivity contribution in [1.29, 1.82) is 0 Å². The second-order valence-corrected chi connectivity index (χ2v) is 14.3. The van der Waals surface area contributed by atoms with Gasteiger partial charge in [0, 0.05) is 63.0 Å². The van der Waals surface area contributed by atoms with Crippen LogP contribution in [0.15, 0.2) is 47.5 Å². The lowest BCUT2D eigenvalue weighted by atomic mass is 9.59. The molecule has 1 unspecified atom stereocenters. The first-order valence-electron chi connectivity index (χ1n) is 16.6. The van der Waals surface area contributed by atoms with E-state index in [1.54, 1.807) is 22.6 Å². The van der Waals surface area contributed by atoms with Crippen molar-refractivity contribution in [2.75, 3.05) is 49.1 Å². The largest absolute Gasteiger partial charge is 0.373 e. The van der Waals surface area contributed by atoms with Crippen LogP contribution >= 0.6 is 0 Å². The summed E-state index contributed by atoms with van der Waals surface area (Å²) in [5, 5.41) is 8.02. The number of carbonyl (C=O) groups excluding carboxylic acids is 2. The SMILES string of the molecule is Cn1nc(N2CCC(=O)NC2=O)c2cc(F)c(N3CC4(CC(N5CCC6(CC5)CC(n5cnc7ccccc7c5=O)CO6)C4)C3)cc21. The van der Waals surface area contributed by atoms with Crippen LogP contribution in [-0.2, 0) is 16.6 Å². The minimum absolute atomic E-state index is 0.00287. The van der Waals surface area contributed by atoms with E-state index in [2.05, 4.69) is 25.2 Å². The van der Waals surface area contributed by atoms with Gasteiger partial charge >= 0.3 is 6.03 Å². The number of aromatic nitrogens is 4. The van der Waals surface area contributed by atoms with Crippen molar-refractivity contribution in [2.45, 2.75) is 56.2 Å². The summed E-state index contributed by atoms with van der Waals surface area (Å²) in [6.45, 7) is 4.37. The Morgan fingerprint density at radius 2 is 1.77 bits per heavy atom. The minimum atomic E-state index is -0.533. The second-order valence-electron chi connectivity index (χ2n) is 14.3. The Balaban J connectivity index is 0.812. The first-order chi connectivity index (χ1) is 22.7. The number of rotatable bonds is 4. The van der Waals surface area contributed by atoms with Gasteiger partial charge in [-0.25, -0.2) is 14.2 Å². The molecular weight excluding hydrogens is 603 g/mol. The molecule has 6 heterocycles. The van der Waals surface area contributed by atoms with Crippen LogP contribution in [0.25, 0.3) is 21.8 Å². The number of piperidine rings is 1. The molecule has 4 aromatic rings. The summed E-state index contributed by atoms with van der Waals surface area (Å²) in [6.07, 6.45) is 6.84. The van der Waals surface area contributed by atoms with Crippen molar-refractivity contribution >= 4 is 45.2 Å². The Morgan fingerprint density at radius 1 is 0.979 bits per heavy atom. The summed E-state index contributed by atoms with van der Waals surface area (Å²) in [6, 6.07) is 10.8. The zero-order valence-corrected chi connectivity index (χ0v) is 26.3. The standard InChI is InChI=1S/C34H37FN8O4/c1-39-27-13-28(25(35)12-24(27)30(38-39)42-9-6-29(44)37-32(42)46)41-18-33(19-41)14-21(15-33)40-10-7-34(8-11-40)16-22(17-47-34)43-20-36-26-5-3-2-4-23(26)31(43)45/h2-5,12-13,20-22H,6-11,14-19H2,1H3,(H,37,44,46). The normalized spacial score (nSPS) is 24.3. The summed E-state index contributed by atoms with van der Waals surface area (Å²) in [5.41, 5.74) is 2.07. The Labute approximate surface area is 270 Å². The molecule has 2 spiro atoms. The van der Waals surface area contributed by atoms with E-state index in [0.717, 1.165) is 69.3 Å². The summed E-state index contributed by atoms with van der Waals surface area (Å²) in [5.74, 6) is -0.287. The lowest BCUT2D eigenvalue weighted by Crippen LogP contribution is -2.67. The predicted molar refractivity (Wildman–Crippen MR) is 173 cm³/mol. The van der Waals surface area contributed by atoms with Crippen molar-refractivity contribution in [1.82, 2.24) is 29.5 Å². The van der Waals surface area contributed by atoms with Gasteiger partial charge in [-0.1, -0.05) is 12.1 Å². The Morgan fingerprint density at radius 3 is 2.55 bits per heavy atom. The van der Waals surface area contributed by atoms with Crippen molar-refractivity contribution in [2.24, 2.45) is 12.5 Å². The maximum Gasteiger partial charge on any atom is 0.329 e. The van der Waals surface area contributed by atoms with Gasteiger partial charge in [0.15, 0.2) is 5.82 Å². The van der Waals surface area contributed by atoms with E-state index < -0.39 is 6.03 Å². The number of hydrogen-bond acceptors (Lipinski definition) is 8. The van der Waals surface area contributed by atoms with Gasteiger partial charge in [-0.2, -0.15) is 5.10 Å². The Bertz CT molecular complexity index is 2000. The number of hydrogen-bond donors (Lipinski definition) is 1. The first-order valence-corrected chi connectivity index (χ1v) is 16.6. The van der Waals surface area contributed by atoms with Gasteiger partial charge in [-0.15, -0.1) is 0 Å². The molecule has 4 aliphatic heterocycles. The van der Waals surface area contributed by atoms with Crippen molar-refractivity contribution in [3.63, 3.8) is 0 Å². The van der Waals surface area contributed by atoms with Gasteiger partial charge in [0.05, 0.1) is 46.7 Å². The molecule has 1 atom stereocenters. The zero-order valence-electron chi connectivity index (χ0n) is 26.3. The average Bonchev–Trinajstić information content (AvgIpc) is 3.57. The third-order valence-corrected chi connectivity index (χ3v) is 11.4. The fourth-order valence-corrected chi connectivity index (χ4v) is 8.83. The van der Waals surface area contributed by atoms with E-state index in [9.17, 15) is 14.4 Å². The molecule has 2 aromatic heterocycles. The molecule has 2 aromatic carbocycles. The molecule has 0 radical (unpaired) electrons. The van der Waals surface area contributed by atoms with Crippen LogP contribution in [0.5, 0.6) is 0 Å². The molecule has 244 valence electrons. The second kappa shape index (κ2) is 10.3. The van der Waals surface area contributed by atoms with Crippen LogP contribution in [0.3, 0.4) is 0 Å². The van der Waals surface area contributed by atoms with E-state index in [-0.39, 0.29) is 47.3 Å². The van der Waals surface area contributed by atoms with E-state index in [4.69, 9.17) is 4.74 Å². The third-order valence-electron chi connectivity index (χ3n) is 11.4. The number of nitrogens with one attached hydrogen (secondary N) is 1. The van der Waals surface area contributed by atoms with Crippen LogP contribution in [0.1, 0.15) is 44.6 Å². The number of carbonyl (C=O) groups is 2. The van der Waals surface area contributed by atoms with Gasteiger partial charge in [0.2, 0.25) is 5.91 Å². The molecule has 3 amide bonds. The molecule has 1 N–H and O–H groups in total. The molecule has 5 fully saturated rings. The van der Waals surface area contributed by atoms with E-state index in [1.807, 2.05) is 30.3 Å². The van der Waals surface area contributed by atoms with Gasteiger partial charge in [0.1, 0.15) is 5.82 Å². The number of ether oxygens (including phenoxy) is 1. The quantitative estimate of drug-likeness (QED) is 0.361. The number of anilines is 2. The maximum absolute atomic E-state index is 15.5. The summed E-state index contributed by atoms with van der Waals surface area (Å²) in [7, 11) is 1.79. The summed E-state index contributed by atoms with van der Waals surface area (Å²) >= 11 is 0. The molecular formula is C34H37FN8O4. The minimum Gasteiger partial charge on any atom is -0.373 e. The van der Waals surface area contributed by atoms with Gasteiger partial charge in [-0.3, -0.25) is 29.1 Å². The molecule has 47 heavy (non-hydrogen) atoms. The first kappa shape index (κ1) is 28.8. The predicted octanol–water partition coefficient (Wildman–Crippen LogP) is 3.33. The van der Waals surface area contributed by atoms with E-state index in [1.165, 1.54) is 11.0 Å². The molecule has 9 rings (SSSR count). The highest BCUT2D eigenvalue weighted by Crippen LogP contribution is 2.53. The molecule has 1 aliphatic carbocycles. The van der Waals surface area contributed by atoms with Gasteiger partial charge in [-0.05, 0) is 56.4 Å². The molecule has 0 bridgehead atoms. The zero-order chi connectivity index (χ0) is 32.1. The number of benzene rings is 2. The van der Waals surface area contributed by atoms with Crippen LogP contribution in [-0.4, -0.2) is 87.1 Å². The number of nitrogens with zero attached hydrogens (tertiary/aromatic N) is 7.